The molecule has 1 amide bonds. The Morgan fingerprint density at radius 1 is 1.13 bits per heavy atom. The number of carbonyl (C=O) groups is 1. The topological polar surface area (TPSA) is 86.3 Å². The van der Waals surface area contributed by atoms with Crippen LogP contribution in [0.3, 0.4) is 0 Å². The average Bonchev–Trinajstić information content (AvgIpc) is 2.72. The molecular weight excluding hydrogens is 421 g/mol. The van der Waals surface area contributed by atoms with Gasteiger partial charge in [-0.1, -0.05) is 37.6 Å². The number of pyridine rings is 1. The SMILES string of the molecule is CC.Cc1ccc(Nc2c(C(N)=O)c(Oc3cccc(Cl)c3C)cc(=O)n2C)c(F)c1. The van der Waals surface area contributed by atoms with Gasteiger partial charge in [-0.25, -0.2) is 4.39 Å². The smallest absolute Gasteiger partial charge is 0.256 e. The first-order valence-electron chi connectivity index (χ1n) is 9.69. The number of hydrogen-bond donors (Lipinski definition) is 2. The summed E-state index contributed by atoms with van der Waals surface area (Å²) >= 11 is 6.12. The second-order valence-electron chi connectivity index (χ2n) is 6.57. The van der Waals surface area contributed by atoms with Crippen LogP contribution in [-0.2, 0) is 7.05 Å². The normalized spacial score (nSPS) is 10.2. The summed E-state index contributed by atoms with van der Waals surface area (Å²) in [7, 11) is 1.44. The fourth-order valence-corrected chi connectivity index (χ4v) is 2.97. The molecule has 0 spiro atoms. The number of nitrogens with one attached hydrogen (secondary N) is 1. The molecule has 164 valence electrons. The number of ether oxygens (including phenoxy) is 1. The van der Waals surface area contributed by atoms with Gasteiger partial charge in [-0.05, 0) is 43.7 Å². The zero-order valence-corrected chi connectivity index (χ0v) is 18.8. The van der Waals surface area contributed by atoms with E-state index in [1.807, 2.05) is 13.8 Å². The first-order valence-corrected chi connectivity index (χ1v) is 10.1. The van der Waals surface area contributed by atoms with E-state index in [1.165, 1.54) is 19.2 Å². The van der Waals surface area contributed by atoms with Gasteiger partial charge in [0.2, 0.25) is 0 Å². The van der Waals surface area contributed by atoms with Crippen molar-refractivity contribution in [1.29, 1.82) is 0 Å². The van der Waals surface area contributed by atoms with Crippen LogP contribution in [0.5, 0.6) is 11.5 Å². The molecule has 0 aliphatic rings. The number of rotatable bonds is 5. The summed E-state index contributed by atoms with van der Waals surface area (Å²) in [5, 5.41) is 3.26. The van der Waals surface area contributed by atoms with Crippen molar-refractivity contribution in [3.05, 3.63) is 80.3 Å². The van der Waals surface area contributed by atoms with Gasteiger partial charge in [0.05, 0.1) is 5.69 Å². The number of nitrogens with two attached hydrogens (primary N) is 1. The third-order valence-corrected chi connectivity index (χ3v) is 4.88. The van der Waals surface area contributed by atoms with Gasteiger partial charge < -0.3 is 15.8 Å². The summed E-state index contributed by atoms with van der Waals surface area (Å²) in [4.78, 5) is 24.7. The van der Waals surface area contributed by atoms with Gasteiger partial charge in [0.15, 0.2) is 0 Å². The van der Waals surface area contributed by atoms with E-state index in [1.54, 1.807) is 38.1 Å². The summed E-state index contributed by atoms with van der Waals surface area (Å²) in [6.07, 6.45) is 0. The molecule has 1 aromatic heterocycles. The predicted molar refractivity (Wildman–Crippen MR) is 122 cm³/mol. The highest BCUT2D eigenvalue weighted by atomic mass is 35.5. The van der Waals surface area contributed by atoms with E-state index in [2.05, 4.69) is 5.32 Å². The fraction of sp³-hybridized carbons (Fsp3) is 0.217. The molecule has 0 saturated heterocycles. The number of primary amides is 1. The lowest BCUT2D eigenvalue weighted by Gasteiger charge is -2.19. The number of nitrogens with zero attached hydrogens (tertiary/aromatic N) is 1. The van der Waals surface area contributed by atoms with E-state index < -0.39 is 17.3 Å². The minimum atomic E-state index is -0.842. The molecular formula is C23H25ClFN3O3. The van der Waals surface area contributed by atoms with E-state index >= 15 is 0 Å². The molecule has 0 aliphatic heterocycles. The minimum Gasteiger partial charge on any atom is -0.456 e. The van der Waals surface area contributed by atoms with Crippen molar-refractivity contribution in [3.8, 4) is 11.5 Å². The van der Waals surface area contributed by atoms with Gasteiger partial charge in [0.1, 0.15) is 28.7 Å². The number of halogens is 2. The van der Waals surface area contributed by atoms with Crippen LogP contribution < -0.4 is 21.3 Å². The zero-order valence-electron chi connectivity index (χ0n) is 18.0. The van der Waals surface area contributed by atoms with Crippen molar-refractivity contribution in [1.82, 2.24) is 4.57 Å². The molecule has 0 fully saturated rings. The molecule has 0 radical (unpaired) electrons. The highest BCUT2D eigenvalue weighted by Gasteiger charge is 2.22. The van der Waals surface area contributed by atoms with E-state index in [-0.39, 0.29) is 22.8 Å². The van der Waals surface area contributed by atoms with Crippen LogP contribution >= 0.6 is 11.6 Å². The minimum absolute atomic E-state index is 0.0161. The molecule has 0 aliphatic carbocycles. The van der Waals surface area contributed by atoms with Crippen molar-refractivity contribution in [2.75, 3.05) is 5.32 Å². The molecule has 0 atom stereocenters. The molecule has 8 heteroatoms. The molecule has 0 bridgehead atoms. The summed E-state index contributed by atoms with van der Waals surface area (Å²) in [6.45, 7) is 7.49. The third-order valence-electron chi connectivity index (χ3n) is 4.47. The predicted octanol–water partition coefficient (Wildman–Crippen LogP) is 5.46. The Morgan fingerprint density at radius 3 is 2.42 bits per heavy atom. The summed E-state index contributed by atoms with van der Waals surface area (Å²) in [6, 6.07) is 10.7. The number of carbonyl (C=O) groups excluding carboxylic acids is 1. The molecule has 1 heterocycles. The highest BCUT2D eigenvalue weighted by Crippen LogP contribution is 2.34. The van der Waals surface area contributed by atoms with Gasteiger partial charge in [-0.3, -0.25) is 14.2 Å². The van der Waals surface area contributed by atoms with Crippen LogP contribution in [0.1, 0.15) is 35.3 Å². The molecule has 3 aromatic rings. The maximum Gasteiger partial charge on any atom is 0.256 e. The van der Waals surface area contributed by atoms with Gasteiger partial charge in [-0.2, -0.15) is 0 Å². The first-order chi connectivity index (χ1) is 14.7. The lowest BCUT2D eigenvalue weighted by atomic mass is 10.1. The summed E-state index contributed by atoms with van der Waals surface area (Å²) in [5.41, 5.74) is 6.46. The standard InChI is InChI=1S/C21H19ClFN3O3.C2H6/c1-11-7-8-15(14(23)9-11)25-21-19(20(24)28)17(10-18(27)26(21)3)29-16-6-4-5-13(22)12(16)2;1-2/h4-10,25H,1-3H3,(H2,24,28);1-2H3. The number of anilines is 2. The van der Waals surface area contributed by atoms with Crippen LogP contribution in [0, 0.1) is 19.7 Å². The first kappa shape index (κ1) is 24.0. The van der Waals surface area contributed by atoms with Crippen LogP contribution in [0.4, 0.5) is 15.9 Å². The van der Waals surface area contributed by atoms with Crippen molar-refractivity contribution < 1.29 is 13.9 Å². The lowest BCUT2D eigenvalue weighted by Crippen LogP contribution is -2.25. The number of aryl methyl sites for hydroxylation is 1. The van der Waals surface area contributed by atoms with E-state index in [9.17, 15) is 14.0 Å². The Bertz CT molecular complexity index is 1180. The Labute approximate surface area is 185 Å². The van der Waals surface area contributed by atoms with Gasteiger partial charge in [0, 0.05) is 23.7 Å². The fourth-order valence-electron chi connectivity index (χ4n) is 2.81. The van der Waals surface area contributed by atoms with E-state index in [4.69, 9.17) is 22.1 Å². The largest absolute Gasteiger partial charge is 0.456 e. The van der Waals surface area contributed by atoms with Crippen molar-refractivity contribution in [2.24, 2.45) is 12.8 Å². The molecule has 0 saturated carbocycles. The third kappa shape index (κ3) is 5.24. The van der Waals surface area contributed by atoms with Crippen LogP contribution in [0.25, 0.3) is 0 Å². The lowest BCUT2D eigenvalue weighted by molar-refractivity contribution is 0.0998. The van der Waals surface area contributed by atoms with Crippen LogP contribution in [0.2, 0.25) is 5.02 Å². The Kier molecular flexibility index (Phi) is 7.83. The Balaban J connectivity index is 0.00000166. The molecule has 3 N–H and O–H groups in total. The molecule has 0 unspecified atom stereocenters. The van der Waals surface area contributed by atoms with Gasteiger partial charge >= 0.3 is 0 Å². The maximum atomic E-state index is 14.3. The Hall–Kier alpha value is -3.32. The second kappa shape index (κ2) is 10.1. The van der Waals surface area contributed by atoms with Gasteiger partial charge in [0.25, 0.3) is 11.5 Å². The highest BCUT2D eigenvalue weighted by molar-refractivity contribution is 6.31. The number of benzene rings is 2. The van der Waals surface area contributed by atoms with Crippen molar-refractivity contribution in [3.63, 3.8) is 0 Å². The van der Waals surface area contributed by atoms with Crippen molar-refractivity contribution in [2.45, 2.75) is 27.7 Å². The quantitative estimate of drug-likeness (QED) is 0.546. The second-order valence-corrected chi connectivity index (χ2v) is 6.97. The average molecular weight is 446 g/mol. The van der Waals surface area contributed by atoms with E-state index in [0.717, 1.165) is 16.2 Å². The monoisotopic (exact) mass is 445 g/mol. The maximum absolute atomic E-state index is 14.3. The molecule has 31 heavy (non-hydrogen) atoms. The summed E-state index contributed by atoms with van der Waals surface area (Å²) < 4.78 is 21.3. The zero-order chi connectivity index (χ0) is 23.3. The molecule has 3 rings (SSSR count). The molecule has 2 aromatic carbocycles. The van der Waals surface area contributed by atoms with Crippen LogP contribution in [-0.4, -0.2) is 10.5 Å². The van der Waals surface area contributed by atoms with Crippen LogP contribution in [0.15, 0.2) is 47.3 Å². The number of aromatic nitrogens is 1. The van der Waals surface area contributed by atoms with Crippen molar-refractivity contribution >= 4 is 29.0 Å². The molecule has 6 nitrogen and oxygen atoms in total. The number of amides is 1. The summed E-state index contributed by atoms with van der Waals surface area (Å²) in [5.74, 6) is -1.06. The number of hydrogen-bond acceptors (Lipinski definition) is 4. The Morgan fingerprint density at radius 2 is 1.81 bits per heavy atom. The van der Waals surface area contributed by atoms with E-state index in [0.29, 0.717) is 16.3 Å². The van der Waals surface area contributed by atoms with Gasteiger partial charge in [-0.15, -0.1) is 0 Å².